The van der Waals surface area contributed by atoms with Crippen molar-refractivity contribution in [2.75, 3.05) is 32.8 Å². The van der Waals surface area contributed by atoms with E-state index in [-0.39, 0.29) is 11.8 Å². The Hall–Kier alpha value is -2.82. The predicted octanol–water partition coefficient (Wildman–Crippen LogP) is 3.30. The van der Waals surface area contributed by atoms with Crippen molar-refractivity contribution >= 4 is 11.8 Å². The molecule has 1 aliphatic rings. The van der Waals surface area contributed by atoms with Crippen molar-refractivity contribution in [3.63, 3.8) is 0 Å². The van der Waals surface area contributed by atoms with Gasteiger partial charge in [0.15, 0.2) is 0 Å². The Morgan fingerprint density at radius 1 is 0.889 bits per heavy atom. The largest absolute Gasteiger partial charge is 0.494 e. The van der Waals surface area contributed by atoms with Gasteiger partial charge in [-0.05, 0) is 56.2 Å². The molecule has 1 aliphatic heterocycles. The molecule has 0 unspecified atom stereocenters. The first-order chi connectivity index (χ1) is 13.0. The van der Waals surface area contributed by atoms with Gasteiger partial charge in [0, 0.05) is 37.3 Å². The van der Waals surface area contributed by atoms with Crippen LogP contribution in [0.15, 0.2) is 42.5 Å². The van der Waals surface area contributed by atoms with Gasteiger partial charge in [0.1, 0.15) is 5.75 Å². The summed E-state index contributed by atoms with van der Waals surface area (Å²) in [5.41, 5.74) is 3.27. The smallest absolute Gasteiger partial charge is 0.254 e. The number of nitrogens with zero attached hydrogens (tertiary/aromatic N) is 2. The van der Waals surface area contributed by atoms with Crippen LogP contribution in [-0.2, 0) is 0 Å². The van der Waals surface area contributed by atoms with Gasteiger partial charge in [-0.2, -0.15) is 0 Å². The number of ether oxygens (including phenoxy) is 1. The molecule has 0 aliphatic carbocycles. The quantitative estimate of drug-likeness (QED) is 0.834. The number of rotatable bonds is 4. The molecule has 2 aromatic rings. The summed E-state index contributed by atoms with van der Waals surface area (Å²) in [6, 6.07) is 13.1. The number of hydrogen-bond donors (Lipinski definition) is 0. The zero-order valence-corrected chi connectivity index (χ0v) is 16.2. The standard InChI is InChI=1S/C22H26N2O3/c1-4-27-20-15-16(2)19(14-17(20)3)22(26)24-12-10-23(11-13-24)21(25)18-8-6-5-7-9-18/h5-9,14-15H,4,10-13H2,1-3H3. The van der Waals surface area contributed by atoms with Crippen molar-refractivity contribution in [3.8, 4) is 5.75 Å². The van der Waals surface area contributed by atoms with Crippen molar-refractivity contribution in [3.05, 3.63) is 64.7 Å². The Morgan fingerprint density at radius 2 is 1.48 bits per heavy atom. The van der Waals surface area contributed by atoms with Crippen molar-refractivity contribution in [2.24, 2.45) is 0 Å². The molecule has 5 nitrogen and oxygen atoms in total. The summed E-state index contributed by atoms with van der Waals surface area (Å²) in [6.45, 7) is 8.63. The summed E-state index contributed by atoms with van der Waals surface area (Å²) in [6.07, 6.45) is 0. The molecule has 3 rings (SSSR count). The lowest BCUT2D eigenvalue weighted by Crippen LogP contribution is -2.50. The summed E-state index contributed by atoms with van der Waals surface area (Å²) < 4.78 is 5.61. The van der Waals surface area contributed by atoms with Gasteiger partial charge in [-0.15, -0.1) is 0 Å². The molecule has 1 fully saturated rings. The summed E-state index contributed by atoms with van der Waals surface area (Å²) >= 11 is 0. The van der Waals surface area contributed by atoms with Crippen LogP contribution in [0.4, 0.5) is 0 Å². The minimum absolute atomic E-state index is 0.0189. The van der Waals surface area contributed by atoms with Crippen LogP contribution in [0.25, 0.3) is 0 Å². The number of hydrogen-bond acceptors (Lipinski definition) is 3. The Balaban J connectivity index is 1.67. The summed E-state index contributed by atoms with van der Waals surface area (Å²) in [7, 11) is 0. The molecule has 142 valence electrons. The maximum Gasteiger partial charge on any atom is 0.254 e. The fraction of sp³-hybridized carbons (Fsp3) is 0.364. The Morgan fingerprint density at radius 3 is 2.07 bits per heavy atom. The van der Waals surface area contributed by atoms with Gasteiger partial charge < -0.3 is 14.5 Å². The van der Waals surface area contributed by atoms with Crippen molar-refractivity contribution in [2.45, 2.75) is 20.8 Å². The number of piperazine rings is 1. The van der Waals surface area contributed by atoms with Crippen LogP contribution < -0.4 is 4.74 Å². The molecule has 1 heterocycles. The third-order valence-electron chi connectivity index (χ3n) is 4.93. The highest BCUT2D eigenvalue weighted by Gasteiger charge is 2.26. The first-order valence-corrected chi connectivity index (χ1v) is 9.39. The topological polar surface area (TPSA) is 49.9 Å². The van der Waals surface area contributed by atoms with E-state index in [1.807, 2.05) is 73.0 Å². The number of carbonyl (C=O) groups excluding carboxylic acids is 2. The zero-order chi connectivity index (χ0) is 19.4. The highest BCUT2D eigenvalue weighted by Crippen LogP contribution is 2.24. The number of amides is 2. The second-order valence-electron chi connectivity index (χ2n) is 6.82. The van der Waals surface area contributed by atoms with E-state index in [0.29, 0.717) is 43.9 Å². The van der Waals surface area contributed by atoms with Crippen LogP contribution >= 0.6 is 0 Å². The van der Waals surface area contributed by atoms with Gasteiger partial charge in [-0.25, -0.2) is 0 Å². The van der Waals surface area contributed by atoms with Gasteiger partial charge in [0.05, 0.1) is 6.61 Å². The molecule has 0 saturated carbocycles. The molecule has 5 heteroatoms. The maximum absolute atomic E-state index is 13.0. The third kappa shape index (κ3) is 4.13. The van der Waals surface area contributed by atoms with Crippen molar-refractivity contribution in [1.29, 1.82) is 0 Å². The first kappa shape index (κ1) is 19.0. The van der Waals surface area contributed by atoms with E-state index in [1.165, 1.54) is 0 Å². The van der Waals surface area contributed by atoms with E-state index in [2.05, 4.69) is 0 Å². The van der Waals surface area contributed by atoms with E-state index in [4.69, 9.17) is 4.74 Å². The lowest BCUT2D eigenvalue weighted by atomic mass is 10.0. The SMILES string of the molecule is CCOc1cc(C)c(C(=O)N2CCN(C(=O)c3ccccc3)CC2)cc1C. The van der Waals surface area contributed by atoms with Gasteiger partial charge in [0.25, 0.3) is 11.8 Å². The van der Waals surface area contributed by atoms with Crippen LogP contribution in [0, 0.1) is 13.8 Å². The molecule has 1 saturated heterocycles. The van der Waals surface area contributed by atoms with Gasteiger partial charge >= 0.3 is 0 Å². The van der Waals surface area contributed by atoms with Crippen molar-refractivity contribution < 1.29 is 14.3 Å². The minimum atomic E-state index is 0.0189. The average molecular weight is 366 g/mol. The van der Waals surface area contributed by atoms with Crippen LogP contribution in [0.3, 0.4) is 0 Å². The van der Waals surface area contributed by atoms with Crippen LogP contribution in [0.1, 0.15) is 38.8 Å². The van der Waals surface area contributed by atoms with E-state index in [9.17, 15) is 9.59 Å². The molecule has 2 aromatic carbocycles. The average Bonchev–Trinajstić information content (AvgIpc) is 2.70. The Kier molecular flexibility index (Phi) is 5.79. The molecular formula is C22H26N2O3. The molecule has 0 bridgehead atoms. The van der Waals surface area contributed by atoms with E-state index < -0.39 is 0 Å². The first-order valence-electron chi connectivity index (χ1n) is 9.39. The fourth-order valence-corrected chi connectivity index (χ4v) is 3.38. The second kappa shape index (κ2) is 8.25. The minimum Gasteiger partial charge on any atom is -0.494 e. The van der Waals surface area contributed by atoms with Gasteiger partial charge in [-0.1, -0.05) is 18.2 Å². The molecular weight excluding hydrogens is 340 g/mol. The van der Waals surface area contributed by atoms with Gasteiger partial charge in [-0.3, -0.25) is 9.59 Å². The fourth-order valence-electron chi connectivity index (χ4n) is 3.38. The monoisotopic (exact) mass is 366 g/mol. The molecule has 0 spiro atoms. The summed E-state index contributed by atoms with van der Waals surface area (Å²) in [4.78, 5) is 29.2. The van der Waals surface area contributed by atoms with E-state index in [0.717, 1.165) is 16.9 Å². The molecule has 2 amide bonds. The predicted molar refractivity (Wildman–Crippen MR) is 105 cm³/mol. The van der Waals surface area contributed by atoms with Crippen molar-refractivity contribution in [1.82, 2.24) is 9.80 Å². The lowest BCUT2D eigenvalue weighted by molar-refractivity contribution is 0.0535. The van der Waals surface area contributed by atoms with Crippen LogP contribution in [-0.4, -0.2) is 54.4 Å². The Labute approximate surface area is 160 Å². The molecule has 0 radical (unpaired) electrons. The van der Waals surface area contributed by atoms with Crippen LogP contribution in [0.2, 0.25) is 0 Å². The van der Waals surface area contributed by atoms with E-state index >= 15 is 0 Å². The van der Waals surface area contributed by atoms with E-state index in [1.54, 1.807) is 0 Å². The molecule has 0 atom stereocenters. The normalized spacial score (nSPS) is 14.2. The Bertz CT molecular complexity index is 825. The maximum atomic E-state index is 13.0. The molecule has 0 aromatic heterocycles. The number of benzene rings is 2. The third-order valence-corrected chi connectivity index (χ3v) is 4.93. The zero-order valence-electron chi connectivity index (χ0n) is 16.2. The molecule has 0 N–H and O–H groups in total. The highest BCUT2D eigenvalue weighted by molar-refractivity contribution is 5.97. The lowest BCUT2D eigenvalue weighted by Gasteiger charge is -2.35. The number of carbonyl (C=O) groups is 2. The second-order valence-corrected chi connectivity index (χ2v) is 6.82. The highest BCUT2D eigenvalue weighted by atomic mass is 16.5. The van der Waals surface area contributed by atoms with Gasteiger partial charge in [0.2, 0.25) is 0 Å². The van der Waals surface area contributed by atoms with Crippen LogP contribution in [0.5, 0.6) is 5.75 Å². The number of aryl methyl sites for hydroxylation is 2. The molecule has 27 heavy (non-hydrogen) atoms. The summed E-state index contributed by atoms with van der Waals surface area (Å²) in [5.74, 6) is 0.867. The summed E-state index contributed by atoms with van der Waals surface area (Å²) in [5, 5.41) is 0.